The van der Waals surface area contributed by atoms with Crippen molar-refractivity contribution in [3.05, 3.63) is 73.1 Å². The minimum atomic E-state index is -0.102. The molecule has 1 aliphatic heterocycles. The Bertz CT molecular complexity index is 1440. The molecular weight excluding hydrogens is 454 g/mol. The fraction of sp³-hybridized carbons (Fsp3) is 0.222. The summed E-state index contributed by atoms with van der Waals surface area (Å²) in [5.41, 5.74) is 8.48. The summed E-state index contributed by atoms with van der Waals surface area (Å²) in [6.07, 6.45) is 6.40. The lowest BCUT2D eigenvalue weighted by molar-refractivity contribution is -0.127. The molecule has 0 saturated carbocycles. The van der Waals surface area contributed by atoms with Gasteiger partial charge in [0.2, 0.25) is 5.91 Å². The summed E-state index contributed by atoms with van der Waals surface area (Å²) in [6, 6.07) is 19.2. The molecule has 4 aromatic rings. The van der Waals surface area contributed by atoms with Crippen molar-refractivity contribution < 1.29 is 9.53 Å². The lowest BCUT2D eigenvalue weighted by Gasteiger charge is -2.32. The van der Waals surface area contributed by atoms with Crippen LogP contribution in [-0.4, -0.2) is 43.6 Å². The highest BCUT2D eigenvalue weighted by molar-refractivity contribution is 5.98. The van der Waals surface area contributed by atoms with Crippen LogP contribution < -0.4 is 10.5 Å². The van der Waals surface area contributed by atoms with Gasteiger partial charge in [-0.05, 0) is 49.2 Å². The minimum Gasteiger partial charge on any atom is -0.457 e. The molecule has 2 aromatic carbocycles. The lowest BCUT2D eigenvalue weighted by Crippen LogP contribution is -2.40. The van der Waals surface area contributed by atoms with Gasteiger partial charge in [0.25, 0.3) is 0 Å². The highest BCUT2D eigenvalue weighted by Crippen LogP contribution is 2.34. The van der Waals surface area contributed by atoms with Gasteiger partial charge in [-0.15, -0.1) is 0 Å². The van der Waals surface area contributed by atoms with Gasteiger partial charge in [-0.3, -0.25) is 4.79 Å². The monoisotopic (exact) mass is 479 g/mol. The third-order valence-corrected chi connectivity index (χ3v) is 6.15. The third kappa shape index (κ3) is 4.74. The highest BCUT2D eigenvalue weighted by Gasteiger charge is 2.28. The quantitative estimate of drug-likeness (QED) is 0.404. The number of ether oxygens (including phenoxy) is 1. The second kappa shape index (κ2) is 10.3. The Kier molecular flexibility index (Phi) is 6.58. The van der Waals surface area contributed by atoms with Gasteiger partial charge in [0, 0.05) is 24.7 Å². The highest BCUT2D eigenvalue weighted by atomic mass is 16.5. The van der Waals surface area contributed by atoms with Gasteiger partial charge in [-0.1, -0.05) is 24.3 Å². The van der Waals surface area contributed by atoms with Crippen LogP contribution in [0.25, 0.3) is 22.3 Å². The molecule has 0 spiro atoms. The van der Waals surface area contributed by atoms with Gasteiger partial charge in [0.15, 0.2) is 5.65 Å². The van der Waals surface area contributed by atoms with Gasteiger partial charge in [-0.2, -0.15) is 10.4 Å². The first kappa shape index (κ1) is 23.1. The fourth-order valence-corrected chi connectivity index (χ4v) is 4.43. The van der Waals surface area contributed by atoms with E-state index in [0.29, 0.717) is 41.4 Å². The number of carbonyl (C=O) groups excluding carboxylic acids is 1. The Morgan fingerprint density at radius 2 is 1.92 bits per heavy atom. The fourth-order valence-electron chi connectivity index (χ4n) is 4.43. The van der Waals surface area contributed by atoms with E-state index in [9.17, 15) is 4.79 Å². The molecule has 2 N–H and O–H groups in total. The molecule has 1 atom stereocenters. The second-order valence-corrected chi connectivity index (χ2v) is 8.54. The van der Waals surface area contributed by atoms with E-state index in [4.69, 9.17) is 20.8 Å². The standard InChI is InChI=1S/C27H25N7O2/c28-15-5-4-10-23(35)33-16-6-7-20(17-33)34-27-24(26(29)30-18-31-27)25(32-34)19-11-13-22(14-12-19)36-21-8-2-1-3-9-21/h1-4,8-14,18,20H,5-7,16-17H2,(H2,29,30,31)/b10-4+/t20-/m1/s1. The zero-order chi connectivity index (χ0) is 24.9. The number of hydrogen-bond acceptors (Lipinski definition) is 7. The Balaban J connectivity index is 1.45. The van der Waals surface area contributed by atoms with Crippen LogP contribution in [0.5, 0.6) is 11.5 Å². The number of anilines is 1. The van der Waals surface area contributed by atoms with Crippen molar-refractivity contribution in [2.75, 3.05) is 18.8 Å². The summed E-state index contributed by atoms with van der Waals surface area (Å²) >= 11 is 0. The van der Waals surface area contributed by atoms with Crippen molar-refractivity contribution in [3.63, 3.8) is 0 Å². The van der Waals surface area contributed by atoms with E-state index in [1.165, 1.54) is 12.4 Å². The normalized spacial score (nSPS) is 15.8. The number of nitrogens with zero attached hydrogens (tertiary/aromatic N) is 6. The summed E-state index contributed by atoms with van der Waals surface area (Å²) in [6.45, 7) is 1.16. The largest absolute Gasteiger partial charge is 0.457 e. The molecule has 0 bridgehead atoms. The minimum absolute atomic E-state index is 0.0571. The second-order valence-electron chi connectivity index (χ2n) is 8.54. The molecule has 9 heteroatoms. The zero-order valence-corrected chi connectivity index (χ0v) is 19.6. The number of rotatable bonds is 6. The van der Waals surface area contributed by atoms with Gasteiger partial charge >= 0.3 is 0 Å². The predicted molar refractivity (Wildman–Crippen MR) is 136 cm³/mol. The number of hydrogen-bond donors (Lipinski definition) is 1. The van der Waals surface area contributed by atoms with Crippen LogP contribution in [0.3, 0.4) is 0 Å². The molecule has 1 aliphatic rings. The number of allylic oxidation sites excluding steroid dienone is 1. The Hall–Kier alpha value is -4.71. The van der Waals surface area contributed by atoms with Gasteiger partial charge in [0.05, 0.1) is 23.9 Å². The van der Waals surface area contributed by atoms with Crippen LogP contribution in [-0.2, 0) is 4.79 Å². The summed E-state index contributed by atoms with van der Waals surface area (Å²) in [5.74, 6) is 1.73. The molecule has 0 aliphatic carbocycles. The summed E-state index contributed by atoms with van der Waals surface area (Å²) in [7, 11) is 0. The number of likely N-dealkylation sites (tertiary alicyclic amines) is 1. The maximum atomic E-state index is 12.6. The number of amides is 1. The van der Waals surface area contributed by atoms with Crippen LogP contribution in [0.1, 0.15) is 25.3 Å². The molecule has 0 radical (unpaired) electrons. The average Bonchev–Trinajstić information content (AvgIpc) is 3.31. The van der Waals surface area contributed by atoms with Crippen molar-refractivity contribution in [2.24, 2.45) is 0 Å². The zero-order valence-electron chi connectivity index (χ0n) is 19.6. The molecule has 5 rings (SSSR count). The van der Waals surface area contributed by atoms with E-state index in [0.717, 1.165) is 24.2 Å². The first-order valence-electron chi connectivity index (χ1n) is 11.8. The van der Waals surface area contributed by atoms with Crippen molar-refractivity contribution >= 4 is 22.8 Å². The van der Waals surface area contributed by atoms with Gasteiger partial charge in [0.1, 0.15) is 29.3 Å². The molecule has 9 nitrogen and oxygen atoms in total. The summed E-state index contributed by atoms with van der Waals surface area (Å²) < 4.78 is 7.78. The number of nitrogen functional groups attached to an aromatic ring is 1. The van der Waals surface area contributed by atoms with E-state index in [2.05, 4.69) is 9.97 Å². The Morgan fingerprint density at radius 3 is 2.69 bits per heavy atom. The van der Waals surface area contributed by atoms with Crippen LogP contribution >= 0.6 is 0 Å². The number of para-hydroxylation sites is 1. The Morgan fingerprint density at radius 1 is 1.14 bits per heavy atom. The maximum absolute atomic E-state index is 12.6. The Labute approximate surface area is 208 Å². The number of carbonyl (C=O) groups is 1. The molecular formula is C27H25N7O2. The molecule has 1 fully saturated rings. The lowest BCUT2D eigenvalue weighted by atomic mass is 10.1. The first-order valence-corrected chi connectivity index (χ1v) is 11.8. The molecule has 2 aromatic heterocycles. The number of nitriles is 1. The first-order chi connectivity index (χ1) is 17.6. The van der Waals surface area contributed by atoms with Crippen LogP contribution in [0.15, 0.2) is 73.1 Å². The SMILES string of the molecule is N#CC/C=C/C(=O)N1CCC[C@@H](n2nc(-c3ccc(Oc4ccccc4)cc3)c3c(N)ncnc32)C1. The van der Waals surface area contributed by atoms with E-state index >= 15 is 0 Å². The topological polar surface area (TPSA) is 123 Å². The molecule has 1 saturated heterocycles. The number of fused-ring (bicyclic) bond motifs is 1. The van der Waals surface area contributed by atoms with Crippen LogP contribution in [0.2, 0.25) is 0 Å². The van der Waals surface area contributed by atoms with Crippen molar-refractivity contribution in [1.82, 2.24) is 24.6 Å². The smallest absolute Gasteiger partial charge is 0.246 e. The van der Waals surface area contributed by atoms with E-state index in [1.54, 1.807) is 11.0 Å². The average molecular weight is 480 g/mol. The number of nitrogens with two attached hydrogens (primary N) is 1. The molecule has 1 amide bonds. The van der Waals surface area contributed by atoms with Crippen LogP contribution in [0.4, 0.5) is 5.82 Å². The number of aromatic nitrogens is 4. The van der Waals surface area contributed by atoms with Crippen LogP contribution in [0, 0.1) is 11.3 Å². The molecule has 0 unspecified atom stereocenters. The summed E-state index contributed by atoms with van der Waals surface area (Å²) in [4.78, 5) is 23.1. The third-order valence-electron chi connectivity index (χ3n) is 6.15. The molecule has 180 valence electrons. The number of benzene rings is 2. The number of piperidine rings is 1. The molecule has 3 heterocycles. The molecule has 36 heavy (non-hydrogen) atoms. The maximum Gasteiger partial charge on any atom is 0.246 e. The summed E-state index contributed by atoms with van der Waals surface area (Å²) in [5, 5.41) is 14.3. The van der Waals surface area contributed by atoms with Crippen molar-refractivity contribution in [3.8, 4) is 28.8 Å². The van der Waals surface area contributed by atoms with E-state index in [1.807, 2.05) is 65.3 Å². The predicted octanol–water partition coefficient (Wildman–Crippen LogP) is 4.50. The van der Waals surface area contributed by atoms with Crippen molar-refractivity contribution in [2.45, 2.75) is 25.3 Å². The van der Waals surface area contributed by atoms with Gasteiger partial charge < -0.3 is 15.4 Å². The van der Waals surface area contributed by atoms with Gasteiger partial charge in [-0.25, -0.2) is 14.6 Å². The van der Waals surface area contributed by atoms with E-state index < -0.39 is 0 Å². The van der Waals surface area contributed by atoms with Crippen molar-refractivity contribution in [1.29, 1.82) is 5.26 Å². The van der Waals surface area contributed by atoms with E-state index in [-0.39, 0.29) is 18.4 Å².